The minimum Gasteiger partial charge on any atom is -0.465 e. The van der Waals surface area contributed by atoms with Crippen molar-refractivity contribution in [3.8, 4) is 6.07 Å². The summed E-state index contributed by atoms with van der Waals surface area (Å²) in [6, 6.07) is 2.20. The number of likely N-dealkylation sites (tertiary alicyclic amines) is 1. The van der Waals surface area contributed by atoms with E-state index in [1.807, 2.05) is 0 Å². The standard InChI is InChI=1S/C9H14N2O3/c10-7-9(3-6-12)1-4-11(5-2-9)8(13)14/h12H,1-6H2,(H,13,14). The molecule has 1 saturated heterocycles. The fourth-order valence-electron chi connectivity index (χ4n) is 1.76. The van der Waals surface area contributed by atoms with E-state index in [1.54, 1.807) is 0 Å². The molecule has 1 amide bonds. The number of aliphatic hydroxyl groups is 1. The highest BCUT2D eigenvalue weighted by atomic mass is 16.4. The van der Waals surface area contributed by atoms with Crippen LogP contribution in [0, 0.1) is 16.7 Å². The molecule has 0 aromatic heterocycles. The normalized spacial score (nSPS) is 20.1. The van der Waals surface area contributed by atoms with Crippen LogP contribution in [0.3, 0.4) is 0 Å². The third-order valence-electron chi connectivity index (χ3n) is 2.82. The fourth-order valence-corrected chi connectivity index (χ4v) is 1.76. The molecular weight excluding hydrogens is 184 g/mol. The van der Waals surface area contributed by atoms with E-state index >= 15 is 0 Å². The van der Waals surface area contributed by atoms with E-state index in [-0.39, 0.29) is 6.61 Å². The van der Waals surface area contributed by atoms with Gasteiger partial charge in [0.2, 0.25) is 0 Å². The van der Waals surface area contributed by atoms with Crippen molar-refractivity contribution in [1.82, 2.24) is 4.90 Å². The Morgan fingerprint density at radius 2 is 2.07 bits per heavy atom. The summed E-state index contributed by atoms with van der Waals surface area (Å²) in [6.45, 7) is 0.770. The second-order valence-electron chi connectivity index (χ2n) is 3.64. The first kappa shape index (κ1) is 10.8. The van der Waals surface area contributed by atoms with Crippen molar-refractivity contribution in [1.29, 1.82) is 5.26 Å². The maximum atomic E-state index is 10.6. The van der Waals surface area contributed by atoms with Gasteiger partial charge in [0.05, 0.1) is 11.5 Å². The van der Waals surface area contributed by atoms with Gasteiger partial charge in [0, 0.05) is 19.7 Å². The number of hydrogen-bond donors (Lipinski definition) is 2. The smallest absolute Gasteiger partial charge is 0.407 e. The number of hydrogen-bond acceptors (Lipinski definition) is 3. The second-order valence-corrected chi connectivity index (χ2v) is 3.64. The molecule has 0 atom stereocenters. The minimum absolute atomic E-state index is 0.0133. The molecule has 1 heterocycles. The lowest BCUT2D eigenvalue weighted by Gasteiger charge is -2.35. The molecule has 0 aromatic carbocycles. The van der Waals surface area contributed by atoms with Crippen LogP contribution in [0.15, 0.2) is 0 Å². The van der Waals surface area contributed by atoms with Crippen LogP contribution in [0.1, 0.15) is 19.3 Å². The summed E-state index contributed by atoms with van der Waals surface area (Å²) in [6.07, 6.45) is 0.560. The zero-order chi connectivity index (χ0) is 10.6. The lowest BCUT2D eigenvalue weighted by Crippen LogP contribution is -2.42. The highest BCUT2D eigenvalue weighted by molar-refractivity contribution is 5.65. The predicted octanol–water partition coefficient (Wildman–Crippen LogP) is 0.653. The van der Waals surface area contributed by atoms with Crippen LogP contribution >= 0.6 is 0 Å². The Morgan fingerprint density at radius 3 is 2.43 bits per heavy atom. The van der Waals surface area contributed by atoms with E-state index < -0.39 is 11.5 Å². The molecule has 0 unspecified atom stereocenters. The molecule has 0 spiro atoms. The second kappa shape index (κ2) is 4.29. The van der Waals surface area contributed by atoms with Crippen LogP contribution in [-0.2, 0) is 0 Å². The third kappa shape index (κ3) is 2.15. The average Bonchev–Trinajstić information content (AvgIpc) is 2.19. The molecule has 0 radical (unpaired) electrons. The topological polar surface area (TPSA) is 84.6 Å². The van der Waals surface area contributed by atoms with E-state index in [2.05, 4.69) is 6.07 Å². The highest BCUT2D eigenvalue weighted by Gasteiger charge is 2.35. The van der Waals surface area contributed by atoms with Crippen LogP contribution in [-0.4, -0.2) is 40.9 Å². The predicted molar refractivity (Wildman–Crippen MR) is 48.6 cm³/mol. The fraction of sp³-hybridized carbons (Fsp3) is 0.778. The van der Waals surface area contributed by atoms with Gasteiger partial charge in [0.1, 0.15) is 0 Å². The van der Waals surface area contributed by atoms with Crippen LogP contribution in [0.4, 0.5) is 4.79 Å². The summed E-state index contributed by atoms with van der Waals surface area (Å²) in [5.74, 6) is 0. The lowest BCUT2D eigenvalue weighted by atomic mass is 9.77. The van der Waals surface area contributed by atoms with Gasteiger partial charge in [-0.15, -0.1) is 0 Å². The number of piperidine rings is 1. The van der Waals surface area contributed by atoms with Gasteiger partial charge in [-0.1, -0.05) is 0 Å². The summed E-state index contributed by atoms with van der Waals surface area (Å²) in [5.41, 5.74) is -0.513. The molecule has 0 bridgehead atoms. The van der Waals surface area contributed by atoms with Crippen LogP contribution in [0.25, 0.3) is 0 Å². The Kier molecular flexibility index (Phi) is 3.31. The van der Waals surface area contributed by atoms with Crippen molar-refractivity contribution in [2.24, 2.45) is 5.41 Å². The minimum atomic E-state index is -0.930. The van der Waals surface area contributed by atoms with Crippen LogP contribution in [0.2, 0.25) is 0 Å². The van der Waals surface area contributed by atoms with Crippen molar-refractivity contribution in [3.05, 3.63) is 0 Å². The van der Waals surface area contributed by atoms with E-state index in [0.29, 0.717) is 32.4 Å². The molecule has 14 heavy (non-hydrogen) atoms. The maximum absolute atomic E-state index is 10.6. The summed E-state index contributed by atoms with van der Waals surface area (Å²) < 4.78 is 0. The number of rotatable bonds is 2. The summed E-state index contributed by atoms with van der Waals surface area (Å²) in [5, 5.41) is 26.5. The van der Waals surface area contributed by atoms with E-state index in [4.69, 9.17) is 15.5 Å². The van der Waals surface area contributed by atoms with Gasteiger partial charge >= 0.3 is 6.09 Å². The molecular formula is C9H14N2O3. The monoisotopic (exact) mass is 198 g/mol. The van der Waals surface area contributed by atoms with Gasteiger partial charge in [-0.3, -0.25) is 0 Å². The van der Waals surface area contributed by atoms with Gasteiger partial charge in [-0.05, 0) is 19.3 Å². The van der Waals surface area contributed by atoms with Crippen molar-refractivity contribution >= 4 is 6.09 Å². The molecule has 0 aliphatic carbocycles. The molecule has 5 nitrogen and oxygen atoms in total. The van der Waals surface area contributed by atoms with Crippen molar-refractivity contribution < 1.29 is 15.0 Å². The molecule has 78 valence electrons. The average molecular weight is 198 g/mol. The number of carboxylic acid groups (broad SMARTS) is 1. The summed E-state index contributed by atoms with van der Waals surface area (Å²) >= 11 is 0. The Morgan fingerprint density at radius 1 is 1.50 bits per heavy atom. The van der Waals surface area contributed by atoms with Crippen LogP contribution < -0.4 is 0 Å². The van der Waals surface area contributed by atoms with E-state index in [0.717, 1.165) is 0 Å². The highest BCUT2D eigenvalue weighted by Crippen LogP contribution is 2.33. The Bertz CT molecular complexity index is 251. The number of nitriles is 1. The largest absolute Gasteiger partial charge is 0.465 e. The van der Waals surface area contributed by atoms with Crippen molar-refractivity contribution in [2.75, 3.05) is 19.7 Å². The maximum Gasteiger partial charge on any atom is 0.407 e. The Balaban J connectivity index is 2.55. The molecule has 2 N–H and O–H groups in total. The quantitative estimate of drug-likeness (QED) is 0.682. The molecule has 0 aromatic rings. The zero-order valence-corrected chi connectivity index (χ0v) is 7.94. The van der Waals surface area contributed by atoms with Gasteiger partial charge in [0.25, 0.3) is 0 Å². The first-order valence-corrected chi connectivity index (χ1v) is 4.63. The van der Waals surface area contributed by atoms with Gasteiger partial charge in [0.15, 0.2) is 0 Å². The molecule has 1 aliphatic rings. The van der Waals surface area contributed by atoms with Crippen molar-refractivity contribution in [2.45, 2.75) is 19.3 Å². The van der Waals surface area contributed by atoms with Crippen LogP contribution in [0.5, 0.6) is 0 Å². The summed E-state index contributed by atoms with van der Waals surface area (Å²) in [4.78, 5) is 11.9. The number of nitrogens with zero attached hydrogens (tertiary/aromatic N) is 2. The third-order valence-corrected chi connectivity index (χ3v) is 2.82. The molecule has 1 rings (SSSR count). The summed E-state index contributed by atoms with van der Waals surface area (Å²) in [7, 11) is 0. The molecule has 5 heteroatoms. The number of amides is 1. The number of carbonyl (C=O) groups is 1. The SMILES string of the molecule is N#CC1(CCO)CCN(C(=O)O)CC1. The van der Waals surface area contributed by atoms with Gasteiger partial charge in [-0.25, -0.2) is 4.79 Å². The lowest BCUT2D eigenvalue weighted by molar-refractivity contribution is 0.0985. The molecule has 1 fully saturated rings. The molecule has 1 aliphatic heterocycles. The van der Waals surface area contributed by atoms with Gasteiger partial charge < -0.3 is 15.1 Å². The van der Waals surface area contributed by atoms with Crippen molar-refractivity contribution in [3.63, 3.8) is 0 Å². The van der Waals surface area contributed by atoms with E-state index in [1.165, 1.54) is 4.90 Å². The van der Waals surface area contributed by atoms with E-state index in [9.17, 15) is 4.79 Å². The molecule has 0 saturated carbocycles. The Hall–Kier alpha value is -1.28. The van der Waals surface area contributed by atoms with Gasteiger partial charge in [-0.2, -0.15) is 5.26 Å². The first-order valence-electron chi connectivity index (χ1n) is 4.63. The number of aliphatic hydroxyl groups excluding tert-OH is 1. The first-order chi connectivity index (χ1) is 6.63. The Labute approximate surface area is 82.6 Å². The zero-order valence-electron chi connectivity index (χ0n) is 7.94.